The maximum absolute atomic E-state index is 11.3. The van der Waals surface area contributed by atoms with Gasteiger partial charge in [0.25, 0.3) is 5.56 Å². The number of H-pyrrole nitrogens is 1. The van der Waals surface area contributed by atoms with Gasteiger partial charge in [0.15, 0.2) is 5.82 Å². The summed E-state index contributed by atoms with van der Waals surface area (Å²) >= 11 is 3.20. The number of aromatic nitrogens is 2. The molecule has 0 saturated heterocycles. The van der Waals surface area contributed by atoms with Crippen LogP contribution in [0.25, 0.3) is 0 Å². The first kappa shape index (κ1) is 10.9. The monoisotopic (exact) mass is 259 g/mol. The van der Waals surface area contributed by atoms with Crippen LogP contribution in [0, 0.1) is 0 Å². The van der Waals surface area contributed by atoms with Crippen molar-refractivity contribution in [3.63, 3.8) is 0 Å². The predicted octanol–water partition coefficient (Wildman–Crippen LogP) is 0.882. The number of nitrogens with one attached hydrogen (secondary N) is 2. The van der Waals surface area contributed by atoms with E-state index in [1.54, 1.807) is 0 Å². The highest BCUT2D eigenvalue weighted by Crippen LogP contribution is 2.07. The van der Waals surface area contributed by atoms with E-state index in [0.29, 0.717) is 12.2 Å². The SMILES string of the molecule is CCC(Br)C(=O)Nc1ccc(=O)[nH]n1. The molecule has 2 N–H and O–H groups in total. The van der Waals surface area contributed by atoms with Gasteiger partial charge in [-0.2, -0.15) is 5.10 Å². The molecule has 0 saturated carbocycles. The fraction of sp³-hybridized carbons (Fsp3) is 0.375. The van der Waals surface area contributed by atoms with Gasteiger partial charge in [-0.15, -0.1) is 0 Å². The van der Waals surface area contributed by atoms with Crippen molar-refractivity contribution in [2.24, 2.45) is 0 Å². The van der Waals surface area contributed by atoms with Gasteiger partial charge in [-0.05, 0) is 12.5 Å². The molecule has 1 aromatic heterocycles. The summed E-state index contributed by atoms with van der Waals surface area (Å²) in [5, 5.41) is 8.42. The van der Waals surface area contributed by atoms with Crippen LogP contribution in [-0.2, 0) is 4.79 Å². The van der Waals surface area contributed by atoms with Crippen molar-refractivity contribution in [3.05, 3.63) is 22.5 Å². The van der Waals surface area contributed by atoms with Gasteiger partial charge in [-0.25, -0.2) is 5.10 Å². The Morgan fingerprint density at radius 1 is 1.71 bits per heavy atom. The number of hydrogen-bond donors (Lipinski definition) is 2. The molecule has 0 aromatic carbocycles. The van der Waals surface area contributed by atoms with Crippen LogP contribution in [0.2, 0.25) is 0 Å². The van der Waals surface area contributed by atoms with Crippen LogP contribution < -0.4 is 10.9 Å². The first-order valence-electron chi connectivity index (χ1n) is 4.14. The summed E-state index contributed by atoms with van der Waals surface area (Å²) in [6.45, 7) is 1.89. The summed E-state index contributed by atoms with van der Waals surface area (Å²) < 4.78 is 0. The Kier molecular flexibility index (Phi) is 3.82. The molecule has 5 nitrogen and oxygen atoms in total. The molecule has 0 spiro atoms. The largest absolute Gasteiger partial charge is 0.308 e. The molecule has 1 amide bonds. The number of hydrogen-bond acceptors (Lipinski definition) is 3. The van der Waals surface area contributed by atoms with Gasteiger partial charge < -0.3 is 5.32 Å². The van der Waals surface area contributed by atoms with Gasteiger partial charge in [0.2, 0.25) is 5.91 Å². The van der Waals surface area contributed by atoms with Crippen LogP contribution in [0.5, 0.6) is 0 Å². The van der Waals surface area contributed by atoms with E-state index in [0.717, 1.165) is 0 Å². The van der Waals surface area contributed by atoms with Gasteiger partial charge in [-0.1, -0.05) is 22.9 Å². The van der Waals surface area contributed by atoms with Gasteiger partial charge in [0, 0.05) is 6.07 Å². The molecule has 0 radical (unpaired) electrons. The highest BCUT2D eigenvalue weighted by atomic mass is 79.9. The smallest absolute Gasteiger partial charge is 0.264 e. The molecular formula is C8H10BrN3O2. The van der Waals surface area contributed by atoms with E-state index in [9.17, 15) is 9.59 Å². The summed E-state index contributed by atoms with van der Waals surface area (Å²) in [7, 11) is 0. The van der Waals surface area contributed by atoms with Gasteiger partial charge in [-0.3, -0.25) is 9.59 Å². The molecular weight excluding hydrogens is 250 g/mol. The van der Waals surface area contributed by atoms with E-state index < -0.39 is 0 Å². The zero-order valence-corrected chi connectivity index (χ0v) is 9.17. The van der Waals surface area contributed by atoms with Crippen LogP contribution in [0.3, 0.4) is 0 Å². The van der Waals surface area contributed by atoms with E-state index in [2.05, 4.69) is 31.4 Å². The highest BCUT2D eigenvalue weighted by Gasteiger charge is 2.12. The van der Waals surface area contributed by atoms with Crippen LogP contribution in [-0.4, -0.2) is 20.9 Å². The van der Waals surface area contributed by atoms with Gasteiger partial charge in [0.1, 0.15) is 0 Å². The molecule has 6 heteroatoms. The molecule has 1 unspecified atom stereocenters. The van der Waals surface area contributed by atoms with E-state index in [4.69, 9.17) is 0 Å². The molecule has 1 heterocycles. The normalized spacial score (nSPS) is 12.1. The van der Waals surface area contributed by atoms with Crippen molar-refractivity contribution >= 4 is 27.7 Å². The minimum absolute atomic E-state index is 0.174. The summed E-state index contributed by atoms with van der Waals surface area (Å²) in [5.74, 6) is 0.166. The second-order valence-electron chi connectivity index (χ2n) is 2.67. The molecule has 14 heavy (non-hydrogen) atoms. The van der Waals surface area contributed by atoms with Crippen LogP contribution >= 0.6 is 15.9 Å². The van der Waals surface area contributed by atoms with Gasteiger partial charge in [0.05, 0.1) is 4.83 Å². The lowest BCUT2D eigenvalue weighted by Crippen LogP contribution is -2.23. The Bertz CT molecular complexity index is 357. The van der Waals surface area contributed by atoms with Crippen molar-refractivity contribution in [1.29, 1.82) is 0 Å². The van der Waals surface area contributed by atoms with Crippen molar-refractivity contribution in [2.75, 3.05) is 5.32 Å². The lowest BCUT2D eigenvalue weighted by Gasteiger charge is -2.06. The third-order valence-electron chi connectivity index (χ3n) is 1.57. The molecule has 0 fully saturated rings. The molecule has 1 aromatic rings. The summed E-state index contributed by atoms with van der Waals surface area (Å²) in [5.41, 5.74) is -0.297. The fourth-order valence-corrected chi connectivity index (χ4v) is 0.918. The second kappa shape index (κ2) is 4.90. The first-order chi connectivity index (χ1) is 6.63. The number of aromatic amines is 1. The minimum Gasteiger partial charge on any atom is -0.308 e. The van der Waals surface area contributed by atoms with Crippen molar-refractivity contribution in [1.82, 2.24) is 10.2 Å². The quantitative estimate of drug-likeness (QED) is 0.792. The Morgan fingerprint density at radius 3 is 2.93 bits per heavy atom. The van der Waals surface area contributed by atoms with Crippen molar-refractivity contribution in [2.45, 2.75) is 18.2 Å². The molecule has 76 valence electrons. The summed E-state index contributed by atoms with van der Waals surface area (Å²) in [6.07, 6.45) is 0.690. The van der Waals surface area contributed by atoms with Crippen LogP contribution in [0.15, 0.2) is 16.9 Å². The number of rotatable bonds is 3. The Balaban J connectivity index is 2.65. The van der Waals surface area contributed by atoms with E-state index in [-0.39, 0.29) is 16.3 Å². The van der Waals surface area contributed by atoms with E-state index in [1.165, 1.54) is 12.1 Å². The molecule has 0 bridgehead atoms. The third kappa shape index (κ3) is 2.95. The van der Waals surface area contributed by atoms with Crippen LogP contribution in [0.4, 0.5) is 5.82 Å². The molecule has 1 rings (SSSR count). The highest BCUT2D eigenvalue weighted by molar-refractivity contribution is 9.10. The number of nitrogens with zero attached hydrogens (tertiary/aromatic N) is 1. The first-order valence-corrected chi connectivity index (χ1v) is 5.05. The Hall–Kier alpha value is -1.17. The zero-order valence-electron chi connectivity index (χ0n) is 7.58. The van der Waals surface area contributed by atoms with E-state index in [1.807, 2.05) is 6.92 Å². The number of amides is 1. The topological polar surface area (TPSA) is 74.8 Å². The molecule has 1 atom stereocenters. The number of carbonyl (C=O) groups excluding carboxylic acids is 1. The van der Waals surface area contributed by atoms with Crippen LogP contribution in [0.1, 0.15) is 13.3 Å². The summed E-state index contributed by atoms with van der Waals surface area (Å²) in [4.78, 5) is 21.8. The Morgan fingerprint density at radius 2 is 2.43 bits per heavy atom. The number of alkyl halides is 1. The zero-order chi connectivity index (χ0) is 10.6. The minimum atomic E-state index is -0.297. The second-order valence-corrected chi connectivity index (χ2v) is 3.78. The van der Waals surface area contributed by atoms with Crippen molar-refractivity contribution < 1.29 is 4.79 Å². The van der Waals surface area contributed by atoms with Gasteiger partial charge >= 0.3 is 0 Å². The third-order valence-corrected chi connectivity index (χ3v) is 2.64. The lowest BCUT2D eigenvalue weighted by atomic mass is 10.3. The summed E-state index contributed by atoms with van der Waals surface area (Å²) in [6, 6.07) is 2.75. The maximum Gasteiger partial charge on any atom is 0.264 e. The van der Waals surface area contributed by atoms with E-state index >= 15 is 0 Å². The predicted molar refractivity (Wildman–Crippen MR) is 56.5 cm³/mol. The Labute approximate surface area is 89.0 Å². The lowest BCUT2D eigenvalue weighted by molar-refractivity contribution is -0.115. The number of halogens is 1. The molecule has 0 aliphatic heterocycles. The number of carbonyl (C=O) groups is 1. The fourth-order valence-electron chi connectivity index (χ4n) is 0.804. The average Bonchev–Trinajstić information content (AvgIpc) is 2.20. The van der Waals surface area contributed by atoms with Crippen molar-refractivity contribution in [3.8, 4) is 0 Å². The number of anilines is 1. The standard InChI is InChI=1S/C8H10BrN3O2/c1-2-5(9)8(14)10-6-3-4-7(13)12-11-6/h3-5H,2H2,1H3,(H,12,13)(H,10,11,14). The average molecular weight is 260 g/mol. The molecule has 0 aliphatic rings. The molecule has 0 aliphatic carbocycles. The maximum atomic E-state index is 11.3.